The number of thioether (sulfide) groups is 1. The third kappa shape index (κ3) is 4.72. The second kappa shape index (κ2) is 7.77. The molecule has 17 heavy (non-hydrogen) atoms. The van der Waals surface area contributed by atoms with Gasteiger partial charge in [0.2, 0.25) is 0 Å². The van der Waals surface area contributed by atoms with Crippen LogP contribution >= 0.6 is 27.7 Å². The van der Waals surface area contributed by atoms with Crippen molar-refractivity contribution in [1.29, 1.82) is 0 Å². The van der Waals surface area contributed by atoms with Crippen LogP contribution in [0, 0.1) is 0 Å². The molecule has 0 bridgehead atoms. The van der Waals surface area contributed by atoms with Crippen molar-refractivity contribution in [3.8, 4) is 0 Å². The molecular formula is C13H18BrNOS. The summed E-state index contributed by atoms with van der Waals surface area (Å²) in [4.78, 5) is 13.4. The molecule has 0 saturated carbocycles. The standard InChI is InChI=1S/C13H18BrNOS/c1-3-6-10(14)9-15-13(16)11-7-4-5-8-12(11)17-2/h4-5,7-8,10H,3,6,9H2,1-2H3,(H,15,16). The van der Waals surface area contributed by atoms with Crippen LogP contribution in [-0.4, -0.2) is 23.5 Å². The molecule has 0 aromatic heterocycles. The Morgan fingerprint density at radius 3 is 2.82 bits per heavy atom. The lowest BCUT2D eigenvalue weighted by molar-refractivity contribution is 0.0951. The Hall–Kier alpha value is -0.480. The predicted octanol–water partition coefficient (Wildman–Crippen LogP) is 3.70. The van der Waals surface area contributed by atoms with Crippen LogP contribution < -0.4 is 5.32 Å². The molecule has 1 N–H and O–H groups in total. The molecule has 0 aliphatic rings. The van der Waals surface area contributed by atoms with Gasteiger partial charge in [-0.25, -0.2) is 0 Å². The summed E-state index contributed by atoms with van der Waals surface area (Å²) < 4.78 is 0. The molecule has 0 heterocycles. The van der Waals surface area contributed by atoms with Crippen LogP contribution in [0.1, 0.15) is 30.1 Å². The maximum Gasteiger partial charge on any atom is 0.252 e. The van der Waals surface area contributed by atoms with Gasteiger partial charge in [0.05, 0.1) is 5.56 Å². The molecule has 1 atom stereocenters. The number of carbonyl (C=O) groups excluding carboxylic acids is 1. The summed E-state index contributed by atoms with van der Waals surface area (Å²) in [6.07, 6.45) is 4.17. The molecule has 1 aromatic rings. The SMILES string of the molecule is CCCC(Br)CNC(=O)c1ccccc1SC. The number of rotatable bonds is 6. The smallest absolute Gasteiger partial charge is 0.252 e. The van der Waals surface area contributed by atoms with E-state index in [-0.39, 0.29) is 5.91 Å². The summed E-state index contributed by atoms with van der Waals surface area (Å²) in [6, 6.07) is 7.68. The van der Waals surface area contributed by atoms with E-state index in [1.165, 1.54) is 0 Å². The van der Waals surface area contributed by atoms with E-state index < -0.39 is 0 Å². The Morgan fingerprint density at radius 2 is 2.18 bits per heavy atom. The minimum Gasteiger partial charge on any atom is -0.351 e. The van der Waals surface area contributed by atoms with E-state index in [1.807, 2.05) is 30.5 Å². The predicted molar refractivity (Wildman–Crippen MR) is 78.2 cm³/mol. The summed E-state index contributed by atoms with van der Waals surface area (Å²) in [5.74, 6) is 0.00973. The van der Waals surface area contributed by atoms with Gasteiger partial charge >= 0.3 is 0 Å². The number of amides is 1. The summed E-state index contributed by atoms with van der Waals surface area (Å²) in [7, 11) is 0. The zero-order valence-electron chi connectivity index (χ0n) is 10.2. The summed E-state index contributed by atoms with van der Waals surface area (Å²) in [5, 5.41) is 2.96. The summed E-state index contributed by atoms with van der Waals surface area (Å²) >= 11 is 5.15. The highest BCUT2D eigenvalue weighted by Gasteiger charge is 2.11. The first-order chi connectivity index (χ1) is 8.19. The van der Waals surface area contributed by atoms with E-state index in [2.05, 4.69) is 28.2 Å². The fourth-order valence-electron chi connectivity index (χ4n) is 1.55. The van der Waals surface area contributed by atoms with Gasteiger partial charge in [0, 0.05) is 16.3 Å². The highest BCUT2D eigenvalue weighted by Crippen LogP contribution is 2.19. The van der Waals surface area contributed by atoms with E-state index in [0.717, 1.165) is 23.3 Å². The average molecular weight is 316 g/mol. The molecule has 1 unspecified atom stereocenters. The first-order valence-corrected chi connectivity index (χ1v) is 7.88. The van der Waals surface area contributed by atoms with E-state index in [1.54, 1.807) is 11.8 Å². The number of alkyl halides is 1. The number of hydrogen-bond acceptors (Lipinski definition) is 2. The van der Waals surface area contributed by atoms with Crippen LogP contribution in [0.2, 0.25) is 0 Å². The molecule has 1 rings (SSSR count). The number of carbonyl (C=O) groups is 1. The normalized spacial score (nSPS) is 12.2. The van der Waals surface area contributed by atoms with Crippen LogP contribution in [-0.2, 0) is 0 Å². The monoisotopic (exact) mass is 315 g/mol. The molecule has 2 nitrogen and oxygen atoms in total. The van der Waals surface area contributed by atoms with Crippen LogP contribution in [0.3, 0.4) is 0 Å². The summed E-state index contributed by atoms with van der Waals surface area (Å²) in [5.41, 5.74) is 0.760. The quantitative estimate of drug-likeness (QED) is 0.640. The van der Waals surface area contributed by atoms with Crippen molar-refractivity contribution >= 4 is 33.6 Å². The molecule has 1 amide bonds. The van der Waals surface area contributed by atoms with Crippen molar-refractivity contribution in [3.05, 3.63) is 29.8 Å². The van der Waals surface area contributed by atoms with Gasteiger partial charge in [0.15, 0.2) is 0 Å². The largest absolute Gasteiger partial charge is 0.351 e. The Labute approximate surface area is 116 Å². The Kier molecular flexibility index (Phi) is 6.66. The highest BCUT2D eigenvalue weighted by molar-refractivity contribution is 9.09. The third-order valence-electron chi connectivity index (χ3n) is 2.44. The van der Waals surface area contributed by atoms with Gasteiger partial charge in [-0.15, -0.1) is 11.8 Å². The first-order valence-electron chi connectivity index (χ1n) is 5.74. The van der Waals surface area contributed by atoms with Gasteiger partial charge < -0.3 is 5.32 Å². The average Bonchev–Trinajstić information content (AvgIpc) is 2.36. The van der Waals surface area contributed by atoms with Gasteiger partial charge in [-0.2, -0.15) is 0 Å². The number of halogens is 1. The second-order valence-electron chi connectivity index (χ2n) is 3.80. The molecule has 0 fully saturated rings. The van der Waals surface area contributed by atoms with Crippen molar-refractivity contribution in [2.75, 3.05) is 12.8 Å². The minimum atomic E-state index is 0.00973. The Morgan fingerprint density at radius 1 is 1.47 bits per heavy atom. The first kappa shape index (κ1) is 14.6. The van der Waals surface area contributed by atoms with Crippen molar-refractivity contribution in [2.45, 2.75) is 29.5 Å². The Balaban J connectivity index is 2.58. The van der Waals surface area contributed by atoms with Gasteiger partial charge in [0.25, 0.3) is 5.91 Å². The zero-order chi connectivity index (χ0) is 12.7. The van der Waals surface area contributed by atoms with Crippen molar-refractivity contribution in [2.24, 2.45) is 0 Å². The number of benzene rings is 1. The molecule has 0 aliphatic heterocycles. The van der Waals surface area contributed by atoms with E-state index in [0.29, 0.717) is 11.4 Å². The fourth-order valence-corrected chi connectivity index (χ4v) is 2.76. The topological polar surface area (TPSA) is 29.1 Å². The van der Waals surface area contributed by atoms with Crippen LogP contribution in [0.5, 0.6) is 0 Å². The van der Waals surface area contributed by atoms with Gasteiger partial charge in [-0.05, 0) is 24.8 Å². The van der Waals surface area contributed by atoms with Crippen LogP contribution in [0.4, 0.5) is 0 Å². The van der Waals surface area contributed by atoms with E-state index >= 15 is 0 Å². The maximum absolute atomic E-state index is 12.0. The molecule has 94 valence electrons. The van der Waals surface area contributed by atoms with Gasteiger partial charge in [0.1, 0.15) is 0 Å². The molecule has 0 radical (unpaired) electrons. The number of hydrogen-bond donors (Lipinski definition) is 1. The molecule has 1 aromatic carbocycles. The Bertz CT molecular complexity index is 370. The molecule has 0 saturated heterocycles. The van der Waals surface area contributed by atoms with Crippen molar-refractivity contribution in [1.82, 2.24) is 5.32 Å². The minimum absolute atomic E-state index is 0.00973. The van der Waals surface area contributed by atoms with Gasteiger partial charge in [-0.1, -0.05) is 41.4 Å². The van der Waals surface area contributed by atoms with Gasteiger partial charge in [-0.3, -0.25) is 4.79 Å². The lowest BCUT2D eigenvalue weighted by Crippen LogP contribution is -2.29. The molecular weight excluding hydrogens is 298 g/mol. The molecule has 4 heteroatoms. The third-order valence-corrected chi connectivity index (χ3v) is 4.02. The molecule has 0 aliphatic carbocycles. The van der Waals surface area contributed by atoms with E-state index in [9.17, 15) is 4.79 Å². The number of nitrogens with one attached hydrogen (secondary N) is 1. The maximum atomic E-state index is 12.0. The lowest BCUT2D eigenvalue weighted by Gasteiger charge is -2.11. The lowest BCUT2D eigenvalue weighted by atomic mass is 10.2. The highest BCUT2D eigenvalue weighted by atomic mass is 79.9. The zero-order valence-corrected chi connectivity index (χ0v) is 12.6. The fraction of sp³-hybridized carbons (Fsp3) is 0.462. The molecule has 0 spiro atoms. The van der Waals surface area contributed by atoms with Crippen molar-refractivity contribution in [3.63, 3.8) is 0 Å². The second-order valence-corrected chi connectivity index (χ2v) is 5.94. The van der Waals surface area contributed by atoms with Crippen LogP contribution in [0.25, 0.3) is 0 Å². The summed E-state index contributed by atoms with van der Waals surface area (Å²) in [6.45, 7) is 2.81. The van der Waals surface area contributed by atoms with Crippen molar-refractivity contribution < 1.29 is 4.79 Å². The van der Waals surface area contributed by atoms with Crippen LogP contribution in [0.15, 0.2) is 29.2 Å². The van der Waals surface area contributed by atoms with E-state index in [4.69, 9.17) is 0 Å².